The Balaban J connectivity index is 2.02. The summed E-state index contributed by atoms with van der Waals surface area (Å²) in [6.07, 6.45) is 6.54. The molecule has 0 spiro atoms. The van der Waals surface area contributed by atoms with Crippen molar-refractivity contribution >= 4 is 0 Å². The molecule has 0 saturated heterocycles. The summed E-state index contributed by atoms with van der Waals surface area (Å²) in [5.74, 6) is 1.11. The van der Waals surface area contributed by atoms with E-state index in [1.54, 1.807) is 6.26 Å². The quantitative estimate of drug-likeness (QED) is 0.722. The fraction of sp³-hybridized carbons (Fsp3) is 0.600. The summed E-state index contributed by atoms with van der Waals surface area (Å²) < 4.78 is 5.45. The third-order valence-electron chi connectivity index (χ3n) is 3.48. The van der Waals surface area contributed by atoms with Crippen LogP contribution in [0, 0.1) is 0 Å². The number of hydrogen-bond donors (Lipinski definition) is 1. The molecule has 0 atom stereocenters. The molecule has 2 saturated carbocycles. The van der Waals surface area contributed by atoms with Crippen molar-refractivity contribution in [3.05, 3.63) is 24.2 Å². The van der Waals surface area contributed by atoms with Crippen molar-refractivity contribution in [3.8, 4) is 0 Å². The number of nitrogens with two attached hydrogens (primary N) is 1. The number of rotatable bonds is 2. The smallest absolute Gasteiger partial charge is 0.111 e. The van der Waals surface area contributed by atoms with Crippen LogP contribution in [0.4, 0.5) is 0 Å². The van der Waals surface area contributed by atoms with Crippen LogP contribution in [0.15, 0.2) is 22.8 Å². The highest BCUT2D eigenvalue weighted by Gasteiger charge is 2.65. The first-order chi connectivity index (χ1) is 5.77. The molecule has 2 fully saturated rings. The molecule has 1 aromatic heterocycles. The molecule has 0 radical (unpaired) electrons. The lowest BCUT2D eigenvalue weighted by molar-refractivity contribution is 0.390. The molecule has 12 heavy (non-hydrogen) atoms. The Labute approximate surface area is 71.7 Å². The predicted octanol–water partition coefficient (Wildman–Crippen LogP) is 1.80. The third kappa shape index (κ3) is 0.643. The largest absolute Gasteiger partial charge is 0.469 e. The maximum Gasteiger partial charge on any atom is 0.111 e. The molecule has 0 aromatic carbocycles. The van der Waals surface area contributed by atoms with Crippen LogP contribution in [0.25, 0.3) is 0 Å². The highest BCUT2D eigenvalue weighted by Crippen LogP contribution is 2.63. The molecule has 2 aliphatic rings. The lowest BCUT2D eigenvalue weighted by Gasteiger charge is -2.19. The van der Waals surface area contributed by atoms with Crippen LogP contribution in [0.1, 0.15) is 31.4 Å². The summed E-state index contributed by atoms with van der Waals surface area (Å²) in [5.41, 5.74) is 6.54. The maximum atomic E-state index is 6.22. The van der Waals surface area contributed by atoms with E-state index in [0.717, 1.165) is 5.76 Å². The molecule has 0 aliphatic heterocycles. The fourth-order valence-electron chi connectivity index (χ4n) is 2.28. The average Bonchev–Trinajstić information content (AvgIpc) is 2.96. The first kappa shape index (κ1) is 6.72. The first-order valence-electron chi connectivity index (χ1n) is 4.60. The molecule has 1 aromatic rings. The Bertz CT molecular complexity index is 294. The van der Waals surface area contributed by atoms with Crippen molar-refractivity contribution in [1.29, 1.82) is 0 Å². The Hall–Kier alpha value is -0.760. The zero-order valence-corrected chi connectivity index (χ0v) is 7.05. The summed E-state index contributed by atoms with van der Waals surface area (Å²) in [7, 11) is 0. The Morgan fingerprint density at radius 3 is 2.42 bits per heavy atom. The Morgan fingerprint density at radius 1 is 1.25 bits per heavy atom. The van der Waals surface area contributed by atoms with E-state index < -0.39 is 0 Å². The minimum atomic E-state index is 0.0881. The molecule has 2 nitrogen and oxygen atoms in total. The van der Waals surface area contributed by atoms with Gasteiger partial charge in [0.1, 0.15) is 5.76 Å². The van der Waals surface area contributed by atoms with Crippen molar-refractivity contribution in [1.82, 2.24) is 0 Å². The molecular formula is C10H13NO. The third-order valence-corrected chi connectivity index (χ3v) is 3.48. The second kappa shape index (κ2) is 1.77. The van der Waals surface area contributed by atoms with Crippen molar-refractivity contribution in [2.75, 3.05) is 0 Å². The fourth-order valence-corrected chi connectivity index (χ4v) is 2.28. The highest BCUT2D eigenvalue weighted by molar-refractivity contribution is 5.34. The molecule has 0 unspecified atom stereocenters. The van der Waals surface area contributed by atoms with Gasteiger partial charge in [-0.25, -0.2) is 0 Å². The maximum absolute atomic E-state index is 6.22. The summed E-state index contributed by atoms with van der Waals surface area (Å²) in [5, 5.41) is 0. The summed E-state index contributed by atoms with van der Waals surface area (Å²) >= 11 is 0. The first-order valence-corrected chi connectivity index (χ1v) is 4.60. The van der Waals surface area contributed by atoms with Crippen LogP contribution in [-0.2, 0) is 5.41 Å². The second-order valence-corrected chi connectivity index (χ2v) is 4.22. The minimum Gasteiger partial charge on any atom is -0.469 e. The molecule has 0 bridgehead atoms. The van der Waals surface area contributed by atoms with Crippen LogP contribution in [0.2, 0.25) is 0 Å². The second-order valence-electron chi connectivity index (χ2n) is 4.22. The zero-order chi connectivity index (χ0) is 8.23. The van der Waals surface area contributed by atoms with E-state index in [1.807, 2.05) is 6.07 Å². The highest BCUT2D eigenvalue weighted by atomic mass is 16.3. The van der Waals surface area contributed by atoms with Gasteiger partial charge >= 0.3 is 0 Å². The molecule has 0 amide bonds. The Kier molecular flexibility index (Phi) is 0.990. The van der Waals surface area contributed by atoms with Crippen molar-refractivity contribution in [2.24, 2.45) is 5.73 Å². The van der Waals surface area contributed by atoms with Gasteiger partial charge in [-0.3, -0.25) is 0 Å². The lowest BCUT2D eigenvalue weighted by Crippen LogP contribution is -2.36. The van der Waals surface area contributed by atoms with Gasteiger partial charge in [0.25, 0.3) is 0 Å². The van der Waals surface area contributed by atoms with Crippen molar-refractivity contribution < 1.29 is 4.42 Å². The van der Waals surface area contributed by atoms with Gasteiger partial charge in [-0.1, -0.05) is 0 Å². The van der Waals surface area contributed by atoms with E-state index in [9.17, 15) is 0 Å². The number of hydrogen-bond acceptors (Lipinski definition) is 2. The normalized spacial score (nSPS) is 28.4. The van der Waals surface area contributed by atoms with E-state index in [1.165, 1.54) is 25.7 Å². The molecule has 2 heteroatoms. The molecule has 64 valence electrons. The van der Waals surface area contributed by atoms with E-state index >= 15 is 0 Å². The van der Waals surface area contributed by atoms with Crippen LogP contribution in [0.5, 0.6) is 0 Å². The SMILES string of the molecule is NC1(C2(c3ccco3)CC2)CC1. The standard InChI is InChI=1S/C10H13NO/c11-10(5-6-10)9(3-4-9)8-2-1-7-12-8/h1-2,7H,3-6,11H2. The van der Waals surface area contributed by atoms with Gasteiger partial charge in [0, 0.05) is 11.0 Å². The summed E-state index contributed by atoms with van der Waals surface area (Å²) in [4.78, 5) is 0. The van der Waals surface area contributed by atoms with Crippen LogP contribution >= 0.6 is 0 Å². The van der Waals surface area contributed by atoms with E-state index in [-0.39, 0.29) is 11.0 Å². The van der Waals surface area contributed by atoms with Gasteiger partial charge in [0.15, 0.2) is 0 Å². The van der Waals surface area contributed by atoms with Gasteiger partial charge in [0.2, 0.25) is 0 Å². The molecule has 2 N–H and O–H groups in total. The molecule has 1 heterocycles. The number of furan rings is 1. The molecule has 3 rings (SSSR count). The van der Waals surface area contributed by atoms with Gasteiger partial charge in [-0.05, 0) is 37.8 Å². The van der Waals surface area contributed by atoms with E-state index in [2.05, 4.69) is 6.07 Å². The molecule has 2 aliphatic carbocycles. The predicted molar refractivity (Wildman–Crippen MR) is 45.8 cm³/mol. The zero-order valence-electron chi connectivity index (χ0n) is 7.05. The summed E-state index contributed by atoms with van der Waals surface area (Å²) in [6, 6.07) is 4.03. The molecular weight excluding hydrogens is 150 g/mol. The van der Waals surface area contributed by atoms with Gasteiger partial charge < -0.3 is 10.2 Å². The van der Waals surface area contributed by atoms with Crippen molar-refractivity contribution in [3.63, 3.8) is 0 Å². The van der Waals surface area contributed by atoms with Gasteiger partial charge in [-0.2, -0.15) is 0 Å². The van der Waals surface area contributed by atoms with Gasteiger partial charge in [-0.15, -0.1) is 0 Å². The minimum absolute atomic E-state index is 0.0881. The van der Waals surface area contributed by atoms with E-state index in [4.69, 9.17) is 10.2 Å². The van der Waals surface area contributed by atoms with E-state index in [0.29, 0.717) is 0 Å². The summed E-state index contributed by atoms with van der Waals surface area (Å²) in [6.45, 7) is 0. The topological polar surface area (TPSA) is 39.2 Å². The van der Waals surface area contributed by atoms with Crippen LogP contribution < -0.4 is 5.73 Å². The Morgan fingerprint density at radius 2 is 2.00 bits per heavy atom. The van der Waals surface area contributed by atoms with Crippen LogP contribution in [-0.4, -0.2) is 5.54 Å². The lowest BCUT2D eigenvalue weighted by atomic mass is 9.92. The van der Waals surface area contributed by atoms with Crippen molar-refractivity contribution in [2.45, 2.75) is 36.6 Å². The monoisotopic (exact) mass is 163 g/mol. The van der Waals surface area contributed by atoms with Crippen LogP contribution in [0.3, 0.4) is 0 Å². The average molecular weight is 163 g/mol. The van der Waals surface area contributed by atoms with Gasteiger partial charge in [0.05, 0.1) is 6.26 Å².